The van der Waals surface area contributed by atoms with Crippen molar-refractivity contribution in [3.05, 3.63) is 46.7 Å². The molecular weight excluding hydrogens is 358 g/mol. The van der Waals surface area contributed by atoms with Crippen molar-refractivity contribution in [2.45, 2.75) is 18.9 Å². The number of hydrogen-bond acceptors (Lipinski definition) is 5. The Bertz CT molecular complexity index is 757. The maximum absolute atomic E-state index is 12.9. The van der Waals surface area contributed by atoms with Crippen molar-refractivity contribution in [3.8, 4) is 5.75 Å². The van der Waals surface area contributed by atoms with Gasteiger partial charge in [0.2, 0.25) is 5.91 Å². The zero-order valence-electron chi connectivity index (χ0n) is 15.8. The van der Waals surface area contributed by atoms with Crippen molar-refractivity contribution in [2.24, 2.45) is 0 Å². The maximum Gasteiger partial charge on any atom is 0.237 e. The summed E-state index contributed by atoms with van der Waals surface area (Å²) in [4.78, 5) is 21.0. The second kappa shape index (κ2) is 8.31. The average Bonchev–Trinajstić information content (AvgIpc) is 3.40. The molecule has 1 atom stereocenters. The van der Waals surface area contributed by atoms with Crippen LogP contribution in [-0.4, -0.2) is 62.1 Å². The van der Waals surface area contributed by atoms with Gasteiger partial charge in [-0.25, -0.2) is 0 Å². The number of likely N-dealkylation sites (tertiary alicyclic amines) is 1. The highest BCUT2D eigenvalue weighted by Gasteiger charge is 2.31. The van der Waals surface area contributed by atoms with E-state index in [2.05, 4.69) is 44.3 Å². The van der Waals surface area contributed by atoms with Crippen molar-refractivity contribution >= 4 is 22.9 Å². The molecule has 2 aromatic rings. The Hall–Kier alpha value is -2.05. The van der Waals surface area contributed by atoms with Gasteiger partial charge in [-0.15, -0.1) is 11.3 Å². The third kappa shape index (κ3) is 4.12. The largest absolute Gasteiger partial charge is 0.497 e. The number of carbonyl (C=O) groups excluding carboxylic acids is 1. The summed E-state index contributed by atoms with van der Waals surface area (Å²) in [7, 11) is 1.70. The van der Waals surface area contributed by atoms with Gasteiger partial charge < -0.3 is 14.5 Å². The molecule has 1 aromatic carbocycles. The molecule has 2 saturated heterocycles. The van der Waals surface area contributed by atoms with E-state index in [9.17, 15) is 4.79 Å². The topological polar surface area (TPSA) is 36.0 Å². The van der Waals surface area contributed by atoms with Crippen LogP contribution >= 0.6 is 11.3 Å². The first kappa shape index (κ1) is 18.3. The number of rotatable bonds is 5. The van der Waals surface area contributed by atoms with E-state index in [0.29, 0.717) is 6.54 Å². The van der Waals surface area contributed by atoms with Crippen LogP contribution in [-0.2, 0) is 4.79 Å². The molecule has 3 heterocycles. The fraction of sp³-hybridized carbons (Fsp3) is 0.476. The van der Waals surface area contributed by atoms with Crippen LogP contribution in [0.15, 0.2) is 41.8 Å². The number of hydrogen-bond donors (Lipinski definition) is 0. The lowest BCUT2D eigenvalue weighted by Gasteiger charge is -2.37. The summed E-state index contributed by atoms with van der Waals surface area (Å²) in [5.74, 6) is 1.17. The number of anilines is 1. The van der Waals surface area contributed by atoms with E-state index in [1.165, 1.54) is 10.6 Å². The summed E-state index contributed by atoms with van der Waals surface area (Å²) in [6, 6.07) is 12.7. The summed E-state index contributed by atoms with van der Waals surface area (Å²) < 4.78 is 5.33. The highest BCUT2D eigenvalue weighted by Crippen LogP contribution is 2.34. The third-order valence-electron chi connectivity index (χ3n) is 5.59. The Morgan fingerprint density at radius 2 is 2.00 bits per heavy atom. The molecule has 0 N–H and O–H groups in total. The molecule has 1 aromatic heterocycles. The Labute approximate surface area is 165 Å². The normalized spacial score (nSPS) is 20.9. The van der Waals surface area contributed by atoms with E-state index in [-0.39, 0.29) is 11.9 Å². The molecule has 2 fully saturated rings. The first-order chi connectivity index (χ1) is 13.2. The molecule has 0 bridgehead atoms. The first-order valence-electron chi connectivity index (χ1n) is 9.69. The van der Waals surface area contributed by atoms with E-state index < -0.39 is 0 Å². The Kier molecular flexibility index (Phi) is 5.64. The van der Waals surface area contributed by atoms with E-state index >= 15 is 0 Å². The van der Waals surface area contributed by atoms with Gasteiger partial charge in [0, 0.05) is 49.4 Å². The molecule has 1 unspecified atom stereocenters. The van der Waals surface area contributed by atoms with Crippen molar-refractivity contribution in [1.82, 2.24) is 9.80 Å². The van der Waals surface area contributed by atoms with Gasteiger partial charge in [0.15, 0.2) is 0 Å². The molecule has 0 aliphatic carbocycles. The molecule has 144 valence electrons. The quantitative estimate of drug-likeness (QED) is 0.792. The van der Waals surface area contributed by atoms with Gasteiger partial charge in [0.1, 0.15) is 5.75 Å². The van der Waals surface area contributed by atoms with Crippen LogP contribution in [0.3, 0.4) is 0 Å². The van der Waals surface area contributed by atoms with Crippen LogP contribution in [0.2, 0.25) is 0 Å². The number of carbonyl (C=O) groups is 1. The molecule has 0 saturated carbocycles. The average molecular weight is 386 g/mol. The smallest absolute Gasteiger partial charge is 0.237 e. The van der Waals surface area contributed by atoms with Crippen LogP contribution < -0.4 is 9.64 Å². The lowest BCUT2D eigenvalue weighted by molar-refractivity contribution is -0.133. The number of ether oxygens (including phenoxy) is 1. The van der Waals surface area contributed by atoms with Crippen LogP contribution in [0, 0.1) is 0 Å². The minimum absolute atomic E-state index is 0.278. The van der Waals surface area contributed by atoms with Gasteiger partial charge in [0.25, 0.3) is 0 Å². The second-order valence-corrected chi connectivity index (χ2v) is 8.20. The van der Waals surface area contributed by atoms with Gasteiger partial charge in [-0.1, -0.05) is 12.1 Å². The lowest BCUT2D eigenvalue weighted by atomic mass is 10.2. The lowest BCUT2D eigenvalue weighted by Crippen LogP contribution is -2.50. The molecule has 1 amide bonds. The molecular formula is C21H27N3O2S. The minimum Gasteiger partial charge on any atom is -0.497 e. The number of thiophene rings is 1. The number of methoxy groups -OCH3 is 1. The van der Waals surface area contributed by atoms with Gasteiger partial charge in [-0.05, 0) is 36.4 Å². The summed E-state index contributed by atoms with van der Waals surface area (Å²) >= 11 is 1.76. The highest BCUT2D eigenvalue weighted by molar-refractivity contribution is 7.10. The fourth-order valence-corrected chi connectivity index (χ4v) is 4.97. The molecule has 2 aliphatic rings. The van der Waals surface area contributed by atoms with Gasteiger partial charge in [-0.2, -0.15) is 0 Å². The summed E-state index contributed by atoms with van der Waals surface area (Å²) in [5, 5.41) is 2.11. The molecule has 4 rings (SSSR count). The maximum atomic E-state index is 12.9. The zero-order chi connectivity index (χ0) is 18.6. The van der Waals surface area contributed by atoms with Crippen molar-refractivity contribution in [3.63, 3.8) is 0 Å². The molecule has 2 aliphatic heterocycles. The first-order valence-corrected chi connectivity index (χ1v) is 10.6. The summed E-state index contributed by atoms with van der Waals surface area (Å²) in [6.07, 6.45) is 2.20. The van der Waals surface area contributed by atoms with Crippen LogP contribution in [0.25, 0.3) is 0 Å². The van der Waals surface area contributed by atoms with Gasteiger partial charge in [-0.3, -0.25) is 9.69 Å². The van der Waals surface area contributed by atoms with Gasteiger partial charge >= 0.3 is 0 Å². The Morgan fingerprint density at radius 3 is 2.74 bits per heavy atom. The van der Waals surface area contributed by atoms with Crippen molar-refractivity contribution < 1.29 is 9.53 Å². The molecule has 0 radical (unpaired) electrons. The predicted octanol–water partition coefficient (Wildman–Crippen LogP) is 3.24. The van der Waals surface area contributed by atoms with E-state index in [1.807, 2.05) is 12.1 Å². The van der Waals surface area contributed by atoms with Crippen molar-refractivity contribution in [1.29, 1.82) is 0 Å². The van der Waals surface area contributed by atoms with Crippen molar-refractivity contribution in [2.75, 3.05) is 51.3 Å². The van der Waals surface area contributed by atoms with E-state index in [4.69, 9.17) is 4.74 Å². The zero-order valence-corrected chi connectivity index (χ0v) is 16.7. The highest BCUT2D eigenvalue weighted by atomic mass is 32.1. The third-order valence-corrected chi connectivity index (χ3v) is 6.57. The number of benzene rings is 1. The fourth-order valence-electron chi connectivity index (χ4n) is 4.10. The molecule has 6 heteroatoms. The number of amides is 1. The second-order valence-electron chi connectivity index (χ2n) is 7.23. The molecule has 27 heavy (non-hydrogen) atoms. The summed E-state index contributed by atoms with van der Waals surface area (Å²) in [5.41, 5.74) is 1.19. The Morgan fingerprint density at radius 1 is 1.15 bits per heavy atom. The molecule has 5 nitrogen and oxygen atoms in total. The van der Waals surface area contributed by atoms with E-state index in [0.717, 1.165) is 51.3 Å². The van der Waals surface area contributed by atoms with Gasteiger partial charge in [0.05, 0.1) is 19.7 Å². The number of nitrogens with zero attached hydrogens (tertiary/aromatic N) is 3. The monoisotopic (exact) mass is 385 g/mol. The molecule has 0 spiro atoms. The summed E-state index contributed by atoms with van der Waals surface area (Å²) in [6.45, 7) is 5.14. The van der Waals surface area contributed by atoms with Crippen LogP contribution in [0.1, 0.15) is 23.8 Å². The predicted molar refractivity (Wildman–Crippen MR) is 110 cm³/mol. The minimum atomic E-state index is 0.278. The van der Waals surface area contributed by atoms with Crippen LogP contribution in [0.4, 0.5) is 5.69 Å². The standard InChI is InChI=1S/C21H27N3O2S/c1-26-18-6-2-5-17(15-18)23-12-10-22(11-13-23)16-21(25)24-9-3-7-19(24)20-8-4-14-27-20/h2,4-6,8,14-15,19H,3,7,9-13,16H2,1H3. The SMILES string of the molecule is COc1cccc(N2CCN(CC(=O)N3CCCC3c3cccs3)CC2)c1. The Balaban J connectivity index is 1.31. The van der Waals surface area contributed by atoms with Crippen LogP contribution in [0.5, 0.6) is 5.75 Å². The number of piperazine rings is 1. The van der Waals surface area contributed by atoms with E-state index in [1.54, 1.807) is 18.4 Å².